The zero-order chi connectivity index (χ0) is 12.2. The Morgan fingerprint density at radius 3 is 2.62 bits per heavy atom. The molecule has 0 aromatic carbocycles. The van der Waals surface area contributed by atoms with Crippen LogP contribution in [0.4, 0.5) is 0 Å². The fraction of sp³-hybridized carbons (Fsp3) is 0.625. The fourth-order valence-electron chi connectivity index (χ4n) is 0.829. The number of aliphatic hydroxyl groups is 1. The zero-order valence-electron chi connectivity index (χ0n) is 8.82. The summed E-state index contributed by atoms with van der Waals surface area (Å²) in [5.41, 5.74) is 6.37. The maximum atomic E-state index is 11.1. The summed E-state index contributed by atoms with van der Waals surface area (Å²) in [6.45, 7) is 1.35. The molecule has 2 amide bonds. The second-order valence-electron chi connectivity index (χ2n) is 2.80. The van der Waals surface area contributed by atoms with Crippen molar-refractivity contribution < 1.29 is 19.5 Å². The van der Waals surface area contributed by atoms with Gasteiger partial charge in [-0.1, -0.05) is 0 Å². The molecule has 0 spiro atoms. The first-order chi connectivity index (χ1) is 7.70. The third kappa shape index (κ3) is 8.82. The van der Waals surface area contributed by atoms with E-state index < -0.39 is 5.91 Å². The molecule has 8 heteroatoms. The summed E-state index contributed by atoms with van der Waals surface area (Å²) in [6.07, 6.45) is 0.774. The number of carbonyl (C=O) groups excluding carboxylic acids is 2. The molecule has 0 fully saturated rings. The van der Waals surface area contributed by atoms with E-state index in [2.05, 4.69) is 20.7 Å². The summed E-state index contributed by atoms with van der Waals surface area (Å²) in [4.78, 5) is 24.6. The molecule has 0 aliphatic carbocycles. The van der Waals surface area contributed by atoms with E-state index in [4.69, 9.17) is 10.6 Å². The quantitative estimate of drug-likeness (QED) is 0.133. The van der Waals surface area contributed by atoms with Crippen molar-refractivity contribution >= 4 is 18.0 Å². The molecule has 0 aliphatic heterocycles. The highest BCUT2D eigenvalue weighted by Gasteiger charge is 2.05. The Morgan fingerprint density at radius 2 is 2.00 bits per heavy atom. The highest BCUT2D eigenvalue weighted by molar-refractivity contribution is 6.24. The lowest BCUT2D eigenvalue weighted by Gasteiger charge is -2.05. The number of hydrogen-bond acceptors (Lipinski definition) is 5. The molecule has 0 aliphatic rings. The van der Waals surface area contributed by atoms with Crippen molar-refractivity contribution in [2.45, 2.75) is 0 Å². The van der Waals surface area contributed by atoms with Crippen molar-refractivity contribution in [1.29, 1.82) is 5.53 Å². The van der Waals surface area contributed by atoms with Crippen LogP contribution in [0.2, 0.25) is 0 Å². The highest BCUT2D eigenvalue weighted by Crippen LogP contribution is 1.65. The Morgan fingerprint density at radius 1 is 1.25 bits per heavy atom. The van der Waals surface area contributed by atoms with Crippen LogP contribution in [-0.4, -0.2) is 60.7 Å². The Hall–Kier alpha value is -1.76. The van der Waals surface area contributed by atoms with Crippen LogP contribution in [-0.2, 0) is 9.59 Å². The predicted molar refractivity (Wildman–Crippen MR) is 55.0 cm³/mol. The highest BCUT2D eigenvalue weighted by atomic mass is 16.3. The van der Waals surface area contributed by atoms with Crippen LogP contribution >= 0.6 is 0 Å². The molecule has 0 radical (unpaired) electrons. The SMILES string of the molecule is N=[N+]=CC(=O)NCC(=O)NCCNCCO. The minimum Gasteiger partial charge on any atom is -0.395 e. The van der Waals surface area contributed by atoms with Gasteiger partial charge < -0.3 is 21.1 Å². The van der Waals surface area contributed by atoms with Crippen LogP contribution in [0.3, 0.4) is 0 Å². The van der Waals surface area contributed by atoms with E-state index in [-0.39, 0.29) is 19.1 Å². The molecule has 0 aromatic heterocycles. The van der Waals surface area contributed by atoms with Crippen LogP contribution in [0, 0.1) is 5.53 Å². The first-order valence-corrected chi connectivity index (χ1v) is 4.76. The molecule has 0 bridgehead atoms. The van der Waals surface area contributed by atoms with Crippen molar-refractivity contribution in [3.05, 3.63) is 0 Å². The number of hydrogen-bond donors (Lipinski definition) is 5. The molecule has 0 saturated heterocycles. The van der Waals surface area contributed by atoms with E-state index in [1.165, 1.54) is 0 Å². The maximum absolute atomic E-state index is 11.1. The van der Waals surface area contributed by atoms with Crippen molar-refractivity contribution in [1.82, 2.24) is 16.0 Å². The molecule has 0 atom stereocenters. The summed E-state index contributed by atoms with van der Waals surface area (Å²) in [7, 11) is 0. The predicted octanol–water partition coefficient (Wildman–Crippen LogP) is -2.89. The maximum Gasteiger partial charge on any atom is 0.394 e. The molecule has 5 N–H and O–H groups in total. The van der Waals surface area contributed by atoms with Crippen LogP contribution in [0.25, 0.3) is 0 Å². The number of nitrogens with zero attached hydrogens (tertiary/aromatic N) is 1. The summed E-state index contributed by atoms with van der Waals surface area (Å²) in [6, 6.07) is 0. The lowest BCUT2D eigenvalue weighted by atomic mass is 10.5. The summed E-state index contributed by atoms with van der Waals surface area (Å²) >= 11 is 0. The second kappa shape index (κ2) is 9.78. The molecule has 0 unspecified atom stereocenters. The van der Waals surface area contributed by atoms with Crippen LogP contribution in [0.1, 0.15) is 0 Å². The van der Waals surface area contributed by atoms with Crippen LogP contribution in [0.5, 0.6) is 0 Å². The molecular weight excluding hydrogens is 214 g/mol. The van der Waals surface area contributed by atoms with E-state index in [9.17, 15) is 9.59 Å². The van der Waals surface area contributed by atoms with Gasteiger partial charge in [-0.2, -0.15) is 0 Å². The molecule has 0 heterocycles. The largest absolute Gasteiger partial charge is 0.395 e. The van der Waals surface area contributed by atoms with E-state index in [1.54, 1.807) is 0 Å². The molecule has 8 nitrogen and oxygen atoms in total. The third-order valence-corrected chi connectivity index (χ3v) is 1.52. The van der Waals surface area contributed by atoms with Gasteiger partial charge in [-0.15, -0.1) is 0 Å². The molecule has 0 aromatic rings. The van der Waals surface area contributed by atoms with Crippen molar-refractivity contribution in [3.8, 4) is 0 Å². The fourth-order valence-corrected chi connectivity index (χ4v) is 0.829. The molecule has 90 valence electrons. The smallest absolute Gasteiger partial charge is 0.394 e. The Kier molecular flexibility index (Phi) is 8.71. The van der Waals surface area contributed by atoms with Gasteiger partial charge in [-0.05, 0) is 0 Å². The Bertz CT molecular complexity index is 275. The van der Waals surface area contributed by atoms with E-state index >= 15 is 0 Å². The zero-order valence-corrected chi connectivity index (χ0v) is 8.82. The summed E-state index contributed by atoms with van der Waals surface area (Å²) in [5.74, 6) is -0.902. The topological polar surface area (TPSA) is 128 Å². The Balaban J connectivity index is 3.44. The van der Waals surface area contributed by atoms with Gasteiger partial charge in [-0.3, -0.25) is 9.59 Å². The van der Waals surface area contributed by atoms with Gasteiger partial charge in [0.15, 0.2) is 0 Å². The van der Waals surface area contributed by atoms with Crippen molar-refractivity contribution in [2.75, 3.05) is 32.8 Å². The van der Waals surface area contributed by atoms with Gasteiger partial charge in [-0.25, -0.2) is 0 Å². The normalized spacial score (nSPS) is 9.06. The van der Waals surface area contributed by atoms with Gasteiger partial charge in [0.25, 0.3) is 0 Å². The van der Waals surface area contributed by atoms with E-state index in [1.807, 2.05) is 0 Å². The minimum atomic E-state index is -0.580. The minimum absolute atomic E-state index is 0.0520. The van der Waals surface area contributed by atoms with Gasteiger partial charge in [0, 0.05) is 19.6 Å². The van der Waals surface area contributed by atoms with E-state index in [0.717, 1.165) is 6.21 Å². The van der Waals surface area contributed by atoms with Crippen LogP contribution < -0.4 is 16.0 Å². The molecule has 0 saturated carbocycles. The van der Waals surface area contributed by atoms with Gasteiger partial charge in [0.05, 0.1) is 23.5 Å². The lowest BCUT2D eigenvalue weighted by molar-refractivity contribution is -0.133. The summed E-state index contributed by atoms with van der Waals surface area (Å²) < 4.78 is 0. The molecule has 16 heavy (non-hydrogen) atoms. The van der Waals surface area contributed by atoms with Crippen LogP contribution in [0.15, 0.2) is 0 Å². The average molecular weight is 230 g/mol. The van der Waals surface area contributed by atoms with Gasteiger partial charge in [0.2, 0.25) is 5.91 Å². The number of amides is 2. The number of rotatable bonds is 8. The van der Waals surface area contributed by atoms with Gasteiger partial charge >= 0.3 is 12.1 Å². The third-order valence-electron chi connectivity index (χ3n) is 1.52. The number of aliphatic hydroxyl groups excluding tert-OH is 1. The standard InChI is InChI=1S/C8H15N5O3/c9-13-6-8(16)12-5-7(15)11-2-1-10-3-4-14/h6,9-10,14H,1-5H2,(H-,11,12,15,16)/p+1. The number of carbonyl (C=O) groups is 2. The van der Waals surface area contributed by atoms with E-state index in [0.29, 0.717) is 19.6 Å². The first kappa shape index (κ1) is 14.2. The molecular formula is C8H16N5O3+. The number of nitrogens with one attached hydrogen (secondary N) is 4. The monoisotopic (exact) mass is 230 g/mol. The first-order valence-electron chi connectivity index (χ1n) is 4.76. The second-order valence-corrected chi connectivity index (χ2v) is 2.80. The van der Waals surface area contributed by atoms with Crippen molar-refractivity contribution in [3.63, 3.8) is 0 Å². The summed E-state index contributed by atoms with van der Waals surface area (Å²) in [5, 5.41) is 16.1. The Labute approximate surface area is 92.6 Å². The van der Waals surface area contributed by atoms with Gasteiger partial charge in [0.1, 0.15) is 0 Å². The van der Waals surface area contributed by atoms with Crippen molar-refractivity contribution in [2.24, 2.45) is 0 Å². The average Bonchev–Trinajstić information content (AvgIpc) is 2.26. The molecule has 0 rings (SSSR count). The lowest BCUT2D eigenvalue weighted by Crippen LogP contribution is -2.40.